The standard InChI is InChI=1S/C24H12Cl2O5/c25-14-5-1-12(2-6-14)16-10-30-18-9-19-21(24(29)20(18)22(16)27)23(28)17(11-31-19)13-3-7-15(26)8-4-13/h1-11,29H. The Morgan fingerprint density at radius 3 is 1.42 bits per heavy atom. The topological polar surface area (TPSA) is 80.7 Å². The highest BCUT2D eigenvalue weighted by Crippen LogP contribution is 2.33. The van der Waals surface area contributed by atoms with Gasteiger partial charge >= 0.3 is 0 Å². The van der Waals surface area contributed by atoms with Gasteiger partial charge in [0.25, 0.3) is 0 Å². The van der Waals surface area contributed by atoms with Crippen LogP contribution in [0.1, 0.15) is 0 Å². The maximum atomic E-state index is 13.2. The van der Waals surface area contributed by atoms with Gasteiger partial charge in [-0.25, -0.2) is 0 Å². The van der Waals surface area contributed by atoms with Gasteiger partial charge in [0, 0.05) is 16.1 Å². The number of halogens is 2. The van der Waals surface area contributed by atoms with Crippen LogP contribution >= 0.6 is 23.2 Å². The lowest BCUT2D eigenvalue weighted by Crippen LogP contribution is -2.09. The molecule has 0 amide bonds. The average Bonchev–Trinajstić information content (AvgIpc) is 2.76. The van der Waals surface area contributed by atoms with Crippen molar-refractivity contribution in [1.29, 1.82) is 0 Å². The molecule has 0 unspecified atom stereocenters. The maximum Gasteiger partial charge on any atom is 0.204 e. The van der Waals surface area contributed by atoms with Crippen LogP contribution in [0.3, 0.4) is 0 Å². The van der Waals surface area contributed by atoms with E-state index in [-0.39, 0.29) is 33.1 Å². The van der Waals surface area contributed by atoms with E-state index >= 15 is 0 Å². The van der Waals surface area contributed by atoms with Crippen LogP contribution < -0.4 is 10.9 Å². The summed E-state index contributed by atoms with van der Waals surface area (Å²) in [4.78, 5) is 26.4. The summed E-state index contributed by atoms with van der Waals surface area (Å²) < 4.78 is 11.2. The van der Waals surface area contributed by atoms with E-state index in [0.29, 0.717) is 21.2 Å². The number of fused-ring (bicyclic) bond motifs is 2. The molecule has 0 aliphatic rings. The van der Waals surface area contributed by atoms with Gasteiger partial charge in [-0.15, -0.1) is 0 Å². The van der Waals surface area contributed by atoms with Crippen molar-refractivity contribution in [2.24, 2.45) is 0 Å². The minimum atomic E-state index is -0.485. The summed E-state index contributed by atoms with van der Waals surface area (Å²) in [5.74, 6) is -0.485. The van der Waals surface area contributed by atoms with Gasteiger partial charge in [-0.05, 0) is 35.4 Å². The third-order valence-electron chi connectivity index (χ3n) is 5.09. The smallest absolute Gasteiger partial charge is 0.204 e. The van der Waals surface area contributed by atoms with E-state index in [1.54, 1.807) is 48.5 Å². The van der Waals surface area contributed by atoms with Crippen molar-refractivity contribution in [2.45, 2.75) is 0 Å². The second-order valence-electron chi connectivity index (χ2n) is 6.94. The molecule has 3 aromatic carbocycles. The van der Waals surface area contributed by atoms with Crippen molar-refractivity contribution in [1.82, 2.24) is 0 Å². The van der Waals surface area contributed by atoms with Crippen molar-refractivity contribution in [3.63, 3.8) is 0 Å². The Morgan fingerprint density at radius 2 is 1.03 bits per heavy atom. The molecule has 0 aliphatic carbocycles. The van der Waals surface area contributed by atoms with Crippen LogP contribution in [-0.2, 0) is 0 Å². The van der Waals surface area contributed by atoms with Gasteiger partial charge in [0.05, 0.1) is 11.1 Å². The first-order valence-corrected chi connectivity index (χ1v) is 9.94. The van der Waals surface area contributed by atoms with Crippen molar-refractivity contribution < 1.29 is 13.9 Å². The van der Waals surface area contributed by atoms with Gasteiger partial charge in [0.15, 0.2) is 0 Å². The molecule has 0 saturated heterocycles. The second kappa shape index (κ2) is 7.30. The number of rotatable bonds is 2. The Hall–Kier alpha value is -3.54. The third-order valence-corrected chi connectivity index (χ3v) is 5.59. The van der Waals surface area contributed by atoms with Crippen LogP contribution in [0, 0.1) is 0 Å². The summed E-state index contributed by atoms with van der Waals surface area (Å²) in [5.41, 5.74) is 0.876. The van der Waals surface area contributed by atoms with Gasteiger partial charge in [0.1, 0.15) is 40.2 Å². The zero-order valence-electron chi connectivity index (χ0n) is 15.7. The largest absolute Gasteiger partial charge is 0.506 e. The summed E-state index contributed by atoms with van der Waals surface area (Å²) in [6, 6.07) is 14.7. The summed E-state index contributed by atoms with van der Waals surface area (Å²) in [6.07, 6.45) is 2.61. The van der Waals surface area contributed by atoms with Crippen LogP contribution in [0.5, 0.6) is 5.75 Å². The van der Waals surface area contributed by atoms with E-state index in [4.69, 9.17) is 32.0 Å². The lowest BCUT2D eigenvalue weighted by Gasteiger charge is -2.08. The molecule has 5 rings (SSSR count). The quantitative estimate of drug-likeness (QED) is 0.321. The molecule has 0 radical (unpaired) electrons. The molecule has 0 spiro atoms. The lowest BCUT2D eigenvalue weighted by atomic mass is 10.0. The van der Waals surface area contributed by atoms with Crippen LogP contribution in [0.4, 0.5) is 0 Å². The fourth-order valence-corrected chi connectivity index (χ4v) is 3.78. The second-order valence-corrected chi connectivity index (χ2v) is 7.82. The molecule has 0 aliphatic heterocycles. The highest BCUT2D eigenvalue weighted by atomic mass is 35.5. The van der Waals surface area contributed by atoms with Crippen LogP contribution in [-0.4, -0.2) is 5.11 Å². The Bertz CT molecular complexity index is 1460. The Labute approximate surface area is 184 Å². The maximum absolute atomic E-state index is 13.2. The van der Waals surface area contributed by atoms with Gasteiger partial charge in [0.2, 0.25) is 10.9 Å². The number of hydrogen-bond acceptors (Lipinski definition) is 5. The summed E-state index contributed by atoms with van der Waals surface area (Å²) in [7, 11) is 0. The molecule has 0 saturated carbocycles. The van der Waals surface area contributed by atoms with Crippen molar-refractivity contribution in [3.05, 3.63) is 97.6 Å². The van der Waals surface area contributed by atoms with E-state index in [9.17, 15) is 14.7 Å². The van der Waals surface area contributed by atoms with E-state index in [1.165, 1.54) is 18.6 Å². The normalized spacial score (nSPS) is 11.3. The van der Waals surface area contributed by atoms with E-state index in [1.807, 2.05) is 0 Å². The van der Waals surface area contributed by atoms with E-state index in [2.05, 4.69) is 0 Å². The first-order chi connectivity index (χ1) is 14.9. The molecule has 31 heavy (non-hydrogen) atoms. The number of benzene rings is 3. The average molecular weight is 451 g/mol. The molecule has 2 aromatic heterocycles. The fraction of sp³-hybridized carbons (Fsp3) is 0. The zero-order valence-corrected chi connectivity index (χ0v) is 17.2. The highest BCUT2D eigenvalue weighted by molar-refractivity contribution is 6.31. The molecule has 5 aromatic rings. The molecule has 0 fully saturated rings. The van der Waals surface area contributed by atoms with Gasteiger partial charge in [-0.2, -0.15) is 0 Å². The minimum Gasteiger partial charge on any atom is -0.506 e. The highest BCUT2D eigenvalue weighted by Gasteiger charge is 2.20. The van der Waals surface area contributed by atoms with Gasteiger partial charge in [-0.1, -0.05) is 47.5 Å². The molecule has 0 atom stereocenters. The lowest BCUT2D eigenvalue weighted by molar-refractivity contribution is 0.483. The molecule has 2 heterocycles. The predicted molar refractivity (Wildman–Crippen MR) is 121 cm³/mol. The number of hydrogen-bond donors (Lipinski definition) is 1. The Kier molecular flexibility index (Phi) is 4.58. The number of phenolic OH excluding ortho intramolecular Hbond substituents is 1. The third kappa shape index (κ3) is 3.19. The Balaban J connectivity index is 1.81. The monoisotopic (exact) mass is 450 g/mol. The predicted octanol–water partition coefficient (Wildman–Crippen LogP) is 6.25. The first kappa shape index (κ1) is 19.4. The van der Waals surface area contributed by atoms with E-state index < -0.39 is 16.6 Å². The minimum absolute atomic E-state index is 0.0968. The molecular weight excluding hydrogens is 439 g/mol. The SMILES string of the molecule is O=c1c(-c2ccc(Cl)cc2)coc2cc3occ(-c4ccc(Cl)cc4)c(=O)c3c(O)c12. The van der Waals surface area contributed by atoms with Gasteiger partial charge < -0.3 is 13.9 Å². The Morgan fingerprint density at radius 1 is 0.645 bits per heavy atom. The molecule has 7 heteroatoms. The summed E-state index contributed by atoms with van der Waals surface area (Å²) >= 11 is 11.8. The van der Waals surface area contributed by atoms with Crippen LogP contribution in [0.15, 0.2) is 85.5 Å². The summed E-state index contributed by atoms with van der Waals surface area (Å²) in [6.45, 7) is 0. The van der Waals surface area contributed by atoms with Crippen molar-refractivity contribution >= 4 is 45.1 Å². The van der Waals surface area contributed by atoms with E-state index in [0.717, 1.165) is 0 Å². The van der Waals surface area contributed by atoms with Crippen molar-refractivity contribution in [2.75, 3.05) is 0 Å². The molecule has 152 valence electrons. The van der Waals surface area contributed by atoms with Crippen molar-refractivity contribution in [3.8, 4) is 28.0 Å². The zero-order chi connectivity index (χ0) is 21.7. The molecular formula is C24H12Cl2O5. The summed E-state index contributed by atoms with van der Waals surface area (Å²) in [5, 5.41) is 11.8. The fourth-order valence-electron chi connectivity index (χ4n) is 3.52. The molecule has 5 nitrogen and oxygen atoms in total. The molecule has 1 N–H and O–H groups in total. The van der Waals surface area contributed by atoms with Crippen LogP contribution in [0.25, 0.3) is 44.2 Å². The number of aromatic hydroxyl groups is 1. The molecule has 0 bridgehead atoms. The van der Waals surface area contributed by atoms with Gasteiger partial charge in [-0.3, -0.25) is 9.59 Å². The van der Waals surface area contributed by atoms with Crippen LogP contribution in [0.2, 0.25) is 10.0 Å². The number of phenols is 1. The first-order valence-electron chi connectivity index (χ1n) is 9.19.